The van der Waals surface area contributed by atoms with Crippen LogP contribution < -0.4 is 10.5 Å². The van der Waals surface area contributed by atoms with Gasteiger partial charge in [-0.05, 0) is 31.4 Å². The Labute approximate surface area is 113 Å². The Balaban J connectivity index is 0.00000256. The number of benzene rings is 1. The van der Waals surface area contributed by atoms with Crippen LogP contribution in [0.4, 0.5) is 4.39 Å². The van der Waals surface area contributed by atoms with Crippen molar-refractivity contribution in [2.45, 2.75) is 32.7 Å². The Morgan fingerprint density at radius 3 is 2.59 bits per heavy atom. The van der Waals surface area contributed by atoms with Crippen LogP contribution in [0, 0.1) is 5.82 Å². The molecule has 2 nitrogen and oxygen atoms in total. The lowest BCUT2D eigenvalue weighted by molar-refractivity contribution is 0.334. The predicted molar refractivity (Wildman–Crippen MR) is 71.8 cm³/mol. The van der Waals surface area contributed by atoms with Crippen LogP contribution in [0.25, 0.3) is 0 Å². The molecule has 2 N–H and O–H groups in total. The smallest absolute Gasteiger partial charge is 0.142 e. The zero-order chi connectivity index (χ0) is 12.1. The molecule has 1 atom stereocenters. The van der Waals surface area contributed by atoms with E-state index in [0.717, 1.165) is 12.0 Å². The molecule has 0 aliphatic carbocycles. The molecule has 5 heteroatoms. The number of halogens is 3. The molecule has 0 bridgehead atoms. The highest BCUT2D eigenvalue weighted by Crippen LogP contribution is 2.27. The van der Waals surface area contributed by atoms with E-state index in [1.165, 1.54) is 12.1 Å². The lowest BCUT2D eigenvalue weighted by Gasteiger charge is -2.14. The average Bonchev–Trinajstić information content (AvgIpc) is 2.25. The highest BCUT2D eigenvalue weighted by molar-refractivity contribution is 6.30. The largest absolute Gasteiger partial charge is 0.494 e. The fourth-order valence-electron chi connectivity index (χ4n) is 1.45. The molecule has 1 unspecified atom stereocenters. The first-order valence-electron chi connectivity index (χ1n) is 5.44. The third kappa shape index (κ3) is 4.70. The van der Waals surface area contributed by atoms with Crippen molar-refractivity contribution in [3.63, 3.8) is 0 Å². The number of hydrogen-bond acceptors (Lipinski definition) is 2. The van der Waals surface area contributed by atoms with Crippen molar-refractivity contribution in [2.75, 3.05) is 6.61 Å². The zero-order valence-corrected chi connectivity index (χ0v) is 11.6. The van der Waals surface area contributed by atoms with Crippen molar-refractivity contribution in [1.82, 2.24) is 0 Å². The van der Waals surface area contributed by atoms with Crippen molar-refractivity contribution in [1.29, 1.82) is 0 Å². The quantitative estimate of drug-likeness (QED) is 0.895. The van der Waals surface area contributed by atoms with E-state index in [0.29, 0.717) is 18.8 Å². The first kappa shape index (κ1) is 16.5. The summed E-state index contributed by atoms with van der Waals surface area (Å²) in [4.78, 5) is 0. The van der Waals surface area contributed by atoms with Crippen molar-refractivity contribution < 1.29 is 9.13 Å². The van der Waals surface area contributed by atoms with Gasteiger partial charge in [0.1, 0.15) is 11.6 Å². The maximum Gasteiger partial charge on any atom is 0.142 e. The molecule has 0 heterocycles. The second-order valence-corrected chi connectivity index (χ2v) is 4.09. The van der Waals surface area contributed by atoms with Crippen LogP contribution in [-0.2, 0) is 6.42 Å². The van der Waals surface area contributed by atoms with Gasteiger partial charge in [-0.3, -0.25) is 0 Å². The summed E-state index contributed by atoms with van der Waals surface area (Å²) in [5.74, 6) is 0.196. The molecule has 98 valence electrons. The second-order valence-electron chi connectivity index (χ2n) is 3.68. The highest BCUT2D eigenvalue weighted by atomic mass is 35.5. The molecule has 1 aromatic rings. The van der Waals surface area contributed by atoms with Crippen LogP contribution in [0.2, 0.25) is 5.02 Å². The minimum Gasteiger partial charge on any atom is -0.494 e. The summed E-state index contributed by atoms with van der Waals surface area (Å²) in [6.07, 6.45) is 1.44. The van der Waals surface area contributed by atoms with Gasteiger partial charge >= 0.3 is 0 Å². The van der Waals surface area contributed by atoms with Gasteiger partial charge in [0.2, 0.25) is 0 Å². The molecule has 0 spiro atoms. The lowest BCUT2D eigenvalue weighted by atomic mass is 10.0. The molecule has 0 fully saturated rings. The minimum atomic E-state index is -0.427. The first-order chi connectivity index (χ1) is 7.58. The monoisotopic (exact) mass is 281 g/mol. The molecular weight excluding hydrogens is 264 g/mol. The number of hydrogen-bond donors (Lipinski definition) is 1. The Hall–Kier alpha value is -0.510. The van der Waals surface area contributed by atoms with E-state index in [1.54, 1.807) is 0 Å². The van der Waals surface area contributed by atoms with Gasteiger partial charge in [-0.15, -0.1) is 12.4 Å². The van der Waals surface area contributed by atoms with Gasteiger partial charge in [-0.25, -0.2) is 4.39 Å². The topological polar surface area (TPSA) is 35.2 Å². The van der Waals surface area contributed by atoms with Crippen LogP contribution in [0.1, 0.15) is 25.8 Å². The predicted octanol–water partition coefficient (Wildman–Crippen LogP) is 3.58. The van der Waals surface area contributed by atoms with Crippen LogP contribution in [0.3, 0.4) is 0 Å². The van der Waals surface area contributed by atoms with Crippen LogP contribution in [-0.4, -0.2) is 12.6 Å². The van der Waals surface area contributed by atoms with Crippen LogP contribution in [0.5, 0.6) is 5.75 Å². The third-order valence-electron chi connectivity index (χ3n) is 2.41. The molecule has 0 saturated carbocycles. The van der Waals surface area contributed by atoms with Gasteiger partial charge in [0.15, 0.2) is 0 Å². The second kappa shape index (κ2) is 7.75. The van der Waals surface area contributed by atoms with Gasteiger partial charge in [0.05, 0.1) is 11.6 Å². The summed E-state index contributed by atoms with van der Waals surface area (Å²) < 4.78 is 18.7. The van der Waals surface area contributed by atoms with E-state index < -0.39 is 5.82 Å². The molecule has 0 radical (unpaired) electrons. The zero-order valence-electron chi connectivity index (χ0n) is 10.0. The van der Waals surface area contributed by atoms with Gasteiger partial charge in [0.25, 0.3) is 0 Å². The maximum absolute atomic E-state index is 13.3. The summed E-state index contributed by atoms with van der Waals surface area (Å²) in [6, 6.07) is 2.93. The van der Waals surface area contributed by atoms with Crippen molar-refractivity contribution in [3.05, 3.63) is 28.5 Å². The Kier molecular flexibility index (Phi) is 7.51. The molecule has 0 saturated heterocycles. The summed E-state index contributed by atoms with van der Waals surface area (Å²) in [7, 11) is 0. The van der Waals surface area contributed by atoms with Crippen molar-refractivity contribution in [2.24, 2.45) is 5.73 Å². The summed E-state index contributed by atoms with van der Waals surface area (Å²) in [6.45, 7) is 4.40. The number of ether oxygens (including phenoxy) is 1. The van der Waals surface area contributed by atoms with E-state index in [4.69, 9.17) is 22.1 Å². The third-order valence-corrected chi connectivity index (χ3v) is 2.70. The standard InChI is InChI=1S/C12H17ClFNO.ClH/c1-3-9(15)5-8-6-11(14)10(13)7-12(8)16-4-2;/h6-7,9H,3-5,15H2,1-2H3;1H. The summed E-state index contributed by atoms with van der Waals surface area (Å²) in [5, 5.41) is 0.0808. The Morgan fingerprint density at radius 2 is 2.06 bits per heavy atom. The van der Waals surface area contributed by atoms with Crippen molar-refractivity contribution in [3.8, 4) is 5.75 Å². The fourth-order valence-corrected chi connectivity index (χ4v) is 1.60. The Bertz CT molecular complexity index is 361. The molecule has 0 aromatic heterocycles. The van der Waals surface area contributed by atoms with E-state index >= 15 is 0 Å². The number of nitrogens with two attached hydrogens (primary N) is 1. The summed E-state index contributed by atoms with van der Waals surface area (Å²) in [5.41, 5.74) is 6.62. The first-order valence-corrected chi connectivity index (χ1v) is 5.82. The van der Waals surface area contributed by atoms with Gasteiger partial charge in [-0.1, -0.05) is 18.5 Å². The maximum atomic E-state index is 13.3. The molecule has 17 heavy (non-hydrogen) atoms. The van der Waals surface area contributed by atoms with E-state index in [2.05, 4.69) is 0 Å². The van der Waals surface area contributed by atoms with Gasteiger partial charge in [-0.2, -0.15) is 0 Å². The minimum absolute atomic E-state index is 0. The van der Waals surface area contributed by atoms with Crippen LogP contribution >= 0.6 is 24.0 Å². The molecule has 0 aliphatic rings. The molecule has 0 amide bonds. The molecule has 1 rings (SSSR count). The van der Waals surface area contributed by atoms with E-state index in [9.17, 15) is 4.39 Å². The average molecular weight is 282 g/mol. The molecular formula is C12H18Cl2FNO. The van der Waals surface area contributed by atoms with E-state index in [-0.39, 0.29) is 23.5 Å². The Morgan fingerprint density at radius 1 is 1.41 bits per heavy atom. The summed E-state index contributed by atoms with van der Waals surface area (Å²) >= 11 is 5.71. The highest BCUT2D eigenvalue weighted by Gasteiger charge is 2.12. The lowest BCUT2D eigenvalue weighted by Crippen LogP contribution is -2.21. The SMILES string of the molecule is CCOc1cc(Cl)c(F)cc1CC(N)CC.Cl. The molecule has 0 aliphatic heterocycles. The van der Waals surface area contributed by atoms with Crippen molar-refractivity contribution >= 4 is 24.0 Å². The normalized spacial score (nSPS) is 11.8. The van der Waals surface area contributed by atoms with Gasteiger partial charge in [0, 0.05) is 12.1 Å². The number of rotatable bonds is 5. The van der Waals surface area contributed by atoms with Gasteiger partial charge < -0.3 is 10.5 Å². The van der Waals surface area contributed by atoms with E-state index in [1.807, 2.05) is 13.8 Å². The molecule has 1 aromatic carbocycles. The van der Waals surface area contributed by atoms with Crippen LogP contribution in [0.15, 0.2) is 12.1 Å². The fraction of sp³-hybridized carbons (Fsp3) is 0.500.